The summed E-state index contributed by atoms with van der Waals surface area (Å²) in [5.41, 5.74) is 0.625. The highest BCUT2D eigenvalue weighted by Gasteiger charge is 2.16. The Hall–Kier alpha value is -2.50. The van der Waals surface area contributed by atoms with Crippen LogP contribution in [0, 0.1) is 0 Å². The first kappa shape index (κ1) is 14.9. The van der Waals surface area contributed by atoms with E-state index in [0.29, 0.717) is 16.5 Å². The minimum Gasteiger partial charge on any atom is -0.481 e. The maximum Gasteiger partial charge on any atom is 0.309 e. The lowest BCUT2D eigenvalue weighted by Crippen LogP contribution is -2.23. The fraction of sp³-hybridized carbons (Fsp3) is 0.333. The first-order valence-corrected chi connectivity index (χ1v) is 6.59. The number of hydrogen-bond donors (Lipinski definition) is 1. The zero-order valence-electron chi connectivity index (χ0n) is 12.1. The minimum atomic E-state index is -1.10. The van der Waals surface area contributed by atoms with Crippen LogP contribution in [0.1, 0.15) is 42.9 Å². The largest absolute Gasteiger partial charge is 0.481 e. The van der Waals surface area contributed by atoms with Crippen LogP contribution in [0.15, 0.2) is 23.0 Å². The van der Waals surface area contributed by atoms with Gasteiger partial charge < -0.3 is 5.11 Å². The van der Waals surface area contributed by atoms with Crippen LogP contribution < -0.4 is 5.43 Å². The van der Waals surface area contributed by atoms with Crippen molar-refractivity contribution in [1.82, 2.24) is 9.78 Å². The lowest BCUT2D eigenvalue weighted by atomic mass is 10.1. The Labute approximate surface area is 121 Å². The second-order valence-electron chi connectivity index (χ2n) is 5.17. The molecular formula is C15H16N2O4. The summed E-state index contributed by atoms with van der Waals surface area (Å²) < 4.78 is 1.58. The molecule has 0 saturated heterocycles. The van der Waals surface area contributed by atoms with Gasteiger partial charge in [-0.3, -0.25) is 19.1 Å². The number of ketones is 1. The van der Waals surface area contributed by atoms with Gasteiger partial charge in [0.25, 0.3) is 0 Å². The maximum absolute atomic E-state index is 12.3. The number of nitrogens with zero attached hydrogens (tertiary/aromatic N) is 2. The predicted molar refractivity (Wildman–Crippen MR) is 77.7 cm³/mol. The molecule has 0 saturated carbocycles. The van der Waals surface area contributed by atoms with Gasteiger partial charge in [-0.15, -0.1) is 0 Å². The van der Waals surface area contributed by atoms with Crippen molar-refractivity contribution in [3.63, 3.8) is 0 Å². The average Bonchev–Trinajstić information content (AvgIpc) is 2.40. The number of rotatable bonds is 4. The van der Waals surface area contributed by atoms with Crippen LogP contribution in [0.5, 0.6) is 0 Å². The number of aromatic nitrogens is 2. The monoisotopic (exact) mass is 288 g/mol. The molecule has 1 aromatic heterocycles. The van der Waals surface area contributed by atoms with Crippen molar-refractivity contribution in [1.29, 1.82) is 0 Å². The Kier molecular flexibility index (Phi) is 3.88. The van der Waals surface area contributed by atoms with Gasteiger partial charge in [-0.2, -0.15) is 5.10 Å². The first-order chi connectivity index (χ1) is 9.81. The van der Waals surface area contributed by atoms with Gasteiger partial charge in [-0.25, -0.2) is 0 Å². The van der Waals surface area contributed by atoms with E-state index < -0.39 is 17.8 Å². The summed E-state index contributed by atoms with van der Waals surface area (Å²) in [6.07, 6.45) is -0.421. The molecule has 21 heavy (non-hydrogen) atoms. The number of benzene rings is 1. The number of carboxylic acids is 1. The molecule has 2 rings (SSSR count). The molecule has 0 amide bonds. The SMILES string of the molecule is CC(=O)c1ccc2c(=O)c(CC(=O)O)nn(C(C)C)c2c1. The summed E-state index contributed by atoms with van der Waals surface area (Å²) >= 11 is 0. The molecule has 1 heterocycles. The van der Waals surface area contributed by atoms with E-state index in [9.17, 15) is 14.4 Å². The van der Waals surface area contributed by atoms with E-state index in [-0.39, 0.29) is 17.5 Å². The quantitative estimate of drug-likeness (QED) is 0.867. The number of Topliss-reactive ketones (excluding diaryl/α,β-unsaturated/α-hetero) is 1. The Morgan fingerprint density at radius 2 is 2.00 bits per heavy atom. The Morgan fingerprint density at radius 1 is 1.33 bits per heavy atom. The Balaban J connectivity index is 2.82. The lowest BCUT2D eigenvalue weighted by Gasteiger charge is -2.15. The highest BCUT2D eigenvalue weighted by molar-refractivity contribution is 5.97. The van der Waals surface area contributed by atoms with E-state index >= 15 is 0 Å². The molecule has 110 valence electrons. The molecule has 6 nitrogen and oxygen atoms in total. The second-order valence-corrected chi connectivity index (χ2v) is 5.17. The number of carbonyl (C=O) groups is 2. The van der Waals surface area contributed by atoms with Gasteiger partial charge in [0.15, 0.2) is 5.78 Å². The number of aliphatic carboxylic acids is 1. The van der Waals surface area contributed by atoms with Crippen molar-refractivity contribution in [2.75, 3.05) is 0 Å². The maximum atomic E-state index is 12.3. The molecule has 6 heteroatoms. The Morgan fingerprint density at radius 3 is 2.52 bits per heavy atom. The van der Waals surface area contributed by atoms with Crippen LogP contribution >= 0.6 is 0 Å². The van der Waals surface area contributed by atoms with Gasteiger partial charge in [-0.05, 0) is 32.9 Å². The highest BCUT2D eigenvalue weighted by Crippen LogP contribution is 2.17. The number of carboxylic acid groups (broad SMARTS) is 1. The molecule has 1 aromatic carbocycles. The molecule has 0 spiro atoms. The highest BCUT2D eigenvalue weighted by atomic mass is 16.4. The number of carbonyl (C=O) groups excluding carboxylic acids is 1. The minimum absolute atomic E-state index is 0.000671. The van der Waals surface area contributed by atoms with Gasteiger partial charge in [0, 0.05) is 17.0 Å². The third kappa shape index (κ3) is 2.84. The van der Waals surface area contributed by atoms with Crippen molar-refractivity contribution in [3.05, 3.63) is 39.7 Å². The second kappa shape index (κ2) is 5.47. The molecule has 0 atom stereocenters. The van der Waals surface area contributed by atoms with E-state index in [1.54, 1.807) is 22.9 Å². The van der Waals surface area contributed by atoms with E-state index in [1.165, 1.54) is 6.92 Å². The van der Waals surface area contributed by atoms with Crippen LogP contribution in [0.4, 0.5) is 0 Å². The summed E-state index contributed by atoms with van der Waals surface area (Å²) in [5.74, 6) is -1.20. The molecule has 2 aromatic rings. The summed E-state index contributed by atoms with van der Waals surface area (Å²) in [6.45, 7) is 5.20. The van der Waals surface area contributed by atoms with Crippen LogP contribution in [-0.2, 0) is 11.2 Å². The van der Waals surface area contributed by atoms with E-state index in [0.717, 1.165) is 0 Å². The summed E-state index contributed by atoms with van der Waals surface area (Å²) in [5, 5.41) is 13.4. The lowest BCUT2D eigenvalue weighted by molar-refractivity contribution is -0.136. The number of hydrogen-bond acceptors (Lipinski definition) is 4. The predicted octanol–water partition coefficient (Wildman–Crippen LogP) is 1.81. The molecule has 0 bridgehead atoms. The molecule has 0 radical (unpaired) electrons. The molecule has 0 aliphatic rings. The van der Waals surface area contributed by atoms with E-state index in [1.807, 2.05) is 13.8 Å². The fourth-order valence-electron chi connectivity index (χ4n) is 2.17. The number of fused-ring (bicyclic) bond motifs is 1. The van der Waals surface area contributed by atoms with E-state index in [4.69, 9.17) is 5.11 Å². The van der Waals surface area contributed by atoms with Gasteiger partial charge in [0.1, 0.15) is 5.69 Å². The van der Waals surface area contributed by atoms with Crippen molar-refractivity contribution in [3.8, 4) is 0 Å². The summed E-state index contributed by atoms with van der Waals surface area (Å²) in [4.78, 5) is 34.6. The smallest absolute Gasteiger partial charge is 0.309 e. The van der Waals surface area contributed by atoms with Crippen LogP contribution in [0.25, 0.3) is 10.9 Å². The van der Waals surface area contributed by atoms with Crippen LogP contribution in [0.3, 0.4) is 0 Å². The van der Waals surface area contributed by atoms with Gasteiger partial charge in [0.05, 0.1) is 11.9 Å². The van der Waals surface area contributed by atoms with Crippen molar-refractivity contribution in [2.45, 2.75) is 33.2 Å². The molecule has 0 fully saturated rings. The topological polar surface area (TPSA) is 89.3 Å². The molecule has 0 aliphatic heterocycles. The van der Waals surface area contributed by atoms with Gasteiger partial charge in [0.2, 0.25) is 5.43 Å². The molecular weight excluding hydrogens is 272 g/mol. The summed E-state index contributed by atoms with van der Waals surface area (Å²) in [7, 11) is 0. The Bertz CT molecular complexity index is 790. The standard InChI is InChI=1S/C15H16N2O4/c1-8(2)17-13-6-10(9(3)18)4-5-11(13)15(21)12(16-17)7-14(19)20/h4-6,8H,7H2,1-3H3,(H,19,20). The fourth-order valence-corrected chi connectivity index (χ4v) is 2.17. The average molecular weight is 288 g/mol. The molecule has 0 unspecified atom stereocenters. The van der Waals surface area contributed by atoms with E-state index in [2.05, 4.69) is 5.10 Å². The van der Waals surface area contributed by atoms with Gasteiger partial charge in [-0.1, -0.05) is 6.07 Å². The summed E-state index contributed by atoms with van der Waals surface area (Å²) in [6, 6.07) is 4.68. The van der Waals surface area contributed by atoms with Crippen molar-refractivity contribution in [2.24, 2.45) is 0 Å². The van der Waals surface area contributed by atoms with Gasteiger partial charge >= 0.3 is 5.97 Å². The third-order valence-electron chi connectivity index (χ3n) is 3.19. The molecule has 1 N–H and O–H groups in total. The van der Waals surface area contributed by atoms with Crippen molar-refractivity contribution < 1.29 is 14.7 Å². The third-order valence-corrected chi connectivity index (χ3v) is 3.19. The first-order valence-electron chi connectivity index (χ1n) is 6.59. The molecule has 0 aliphatic carbocycles. The van der Waals surface area contributed by atoms with Crippen molar-refractivity contribution >= 4 is 22.7 Å². The normalized spacial score (nSPS) is 11.0. The zero-order chi connectivity index (χ0) is 15.7. The zero-order valence-corrected chi connectivity index (χ0v) is 12.1. The van der Waals surface area contributed by atoms with Crippen LogP contribution in [-0.4, -0.2) is 26.6 Å². The van der Waals surface area contributed by atoms with Crippen LogP contribution in [0.2, 0.25) is 0 Å².